The maximum absolute atomic E-state index is 12.9. The molecule has 0 aliphatic carbocycles. The Morgan fingerprint density at radius 1 is 1.00 bits per heavy atom. The molecular weight excluding hydrogens is 470 g/mol. The normalized spacial score (nSPS) is 14.8. The summed E-state index contributed by atoms with van der Waals surface area (Å²) in [5.41, 5.74) is 2.65. The van der Waals surface area contributed by atoms with Crippen LogP contribution in [0.15, 0.2) is 70.3 Å². The van der Waals surface area contributed by atoms with Gasteiger partial charge < -0.3 is 4.90 Å². The van der Waals surface area contributed by atoms with Crippen LogP contribution in [-0.2, 0) is 17.9 Å². The van der Waals surface area contributed by atoms with Crippen LogP contribution in [0.5, 0.6) is 0 Å². The summed E-state index contributed by atoms with van der Waals surface area (Å²) in [4.78, 5) is 38.7. The number of hydrogen-bond donors (Lipinski definition) is 0. The largest absolute Gasteiger partial charge is 0.339 e. The topological polar surface area (TPSA) is 71.3 Å². The van der Waals surface area contributed by atoms with Crippen LogP contribution in [0, 0.1) is 0 Å². The molecule has 0 saturated carbocycles. The van der Waals surface area contributed by atoms with Crippen molar-refractivity contribution in [2.75, 3.05) is 26.2 Å². The summed E-state index contributed by atoms with van der Waals surface area (Å²) in [5, 5.41) is 1.64. The number of carbonyl (C=O) groups excluding carboxylic acids is 1. The van der Waals surface area contributed by atoms with Crippen LogP contribution in [0.4, 0.5) is 0 Å². The molecule has 8 heteroatoms. The smallest absolute Gasteiger partial charge is 0.261 e. The van der Waals surface area contributed by atoms with E-state index in [1.807, 2.05) is 23.2 Å². The third kappa shape index (κ3) is 4.16. The summed E-state index contributed by atoms with van der Waals surface area (Å²) < 4.78 is 2.20. The molecule has 1 aliphatic rings. The highest BCUT2D eigenvalue weighted by molar-refractivity contribution is 9.10. The lowest BCUT2D eigenvalue weighted by atomic mass is 10.1. The predicted octanol–water partition coefficient (Wildman–Crippen LogP) is 3.05. The van der Waals surface area contributed by atoms with Crippen molar-refractivity contribution in [1.29, 1.82) is 0 Å². The van der Waals surface area contributed by atoms with E-state index in [1.54, 1.807) is 12.1 Å². The van der Waals surface area contributed by atoms with Gasteiger partial charge in [-0.1, -0.05) is 40.2 Å². The van der Waals surface area contributed by atoms with Crippen LogP contribution < -0.4 is 5.56 Å². The van der Waals surface area contributed by atoms with Crippen LogP contribution >= 0.6 is 15.9 Å². The quantitative estimate of drug-likeness (QED) is 0.438. The average Bonchev–Trinajstić information content (AvgIpc) is 2.82. The van der Waals surface area contributed by atoms with Crippen molar-refractivity contribution in [1.82, 2.24) is 24.3 Å². The first-order valence-electron chi connectivity index (χ1n) is 10.6. The van der Waals surface area contributed by atoms with Crippen LogP contribution in [0.1, 0.15) is 5.56 Å². The monoisotopic (exact) mass is 491 g/mol. The summed E-state index contributed by atoms with van der Waals surface area (Å²) in [5.74, 6) is -0.0604. The van der Waals surface area contributed by atoms with Gasteiger partial charge in [0.2, 0.25) is 5.91 Å². The Kier molecular flexibility index (Phi) is 5.71. The van der Waals surface area contributed by atoms with E-state index in [9.17, 15) is 9.59 Å². The van der Waals surface area contributed by atoms with E-state index in [0.29, 0.717) is 24.0 Å². The maximum Gasteiger partial charge on any atom is 0.261 e. The van der Waals surface area contributed by atoms with Crippen LogP contribution in [0.3, 0.4) is 0 Å². The van der Waals surface area contributed by atoms with Crippen molar-refractivity contribution in [2.24, 2.45) is 0 Å². The van der Waals surface area contributed by atoms with Crippen molar-refractivity contribution < 1.29 is 4.79 Å². The maximum atomic E-state index is 12.9. The zero-order valence-electron chi connectivity index (χ0n) is 17.4. The molecule has 0 unspecified atom stereocenters. The number of aromatic nitrogens is 3. The highest BCUT2D eigenvalue weighted by atomic mass is 79.9. The molecule has 162 valence electrons. The third-order valence-electron chi connectivity index (χ3n) is 5.93. The van der Waals surface area contributed by atoms with Gasteiger partial charge in [-0.15, -0.1) is 0 Å². The minimum atomic E-state index is -0.202. The van der Waals surface area contributed by atoms with E-state index >= 15 is 0 Å². The van der Waals surface area contributed by atoms with Crippen molar-refractivity contribution in [3.63, 3.8) is 0 Å². The van der Waals surface area contributed by atoms with E-state index in [-0.39, 0.29) is 18.0 Å². The molecular formula is C24H22BrN5O2. The van der Waals surface area contributed by atoms with Crippen LogP contribution in [0.25, 0.3) is 21.8 Å². The summed E-state index contributed by atoms with van der Waals surface area (Å²) in [6, 6.07) is 15.7. The summed E-state index contributed by atoms with van der Waals surface area (Å²) in [6.45, 7) is 3.65. The van der Waals surface area contributed by atoms with Crippen molar-refractivity contribution in [3.05, 3.63) is 81.4 Å². The molecule has 0 bridgehead atoms. The SMILES string of the molecule is O=C(Cn1cnc2ccc(Br)cc2c1=O)N1CCN(Cc2cccc3cccnc23)CC1. The van der Waals surface area contributed by atoms with Gasteiger partial charge in [0.05, 0.1) is 22.7 Å². The number of amides is 1. The van der Waals surface area contributed by atoms with E-state index in [0.717, 1.165) is 35.0 Å². The first-order chi connectivity index (χ1) is 15.6. The number of pyridine rings is 1. The van der Waals surface area contributed by atoms with Crippen molar-refractivity contribution >= 4 is 43.6 Å². The molecule has 5 rings (SSSR count). The number of rotatable bonds is 4. The molecule has 3 heterocycles. The molecule has 1 saturated heterocycles. The third-order valence-corrected chi connectivity index (χ3v) is 6.42. The van der Waals surface area contributed by atoms with Crippen molar-refractivity contribution in [2.45, 2.75) is 13.1 Å². The lowest BCUT2D eigenvalue weighted by Gasteiger charge is -2.35. The summed E-state index contributed by atoms with van der Waals surface area (Å²) in [6.07, 6.45) is 3.28. The fourth-order valence-corrected chi connectivity index (χ4v) is 4.54. The first kappa shape index (κ1) is 20.8. The highest BCUT2D eigenvalue weighted by Gasteiger charge is 2.22. The molecule has 1 aliphatic heterocycles. The number of hydrogen-bond acceptors (Lipinski definition) is 5. The van der Waals surface area contributed by atoms with Gasteiger partial charge in [-0.2, -0.15) is 0 Å². The fraction of sp³-hybridized carbons (Fsp3) is 0.250. The Labute approximate surface area is 193 Å². The predicted molar refractivity (Wildman–Crippen MR) is 127 cm³/mol. The fourth-order valence-electron chi connectivity index (χ4n) is 4.18. The van der Waals surface area contributed by atoms with Gasteiger partial charge in [-0.05, 0) is 29.8 Å². The van der Waals surface area contributed by atoms with Gasteiger partial charge in [0.1, 0.15) is 6.54 Å². The molecule has 0 N–H and O–H groups in total. The summed E-state index contributed by atoms with van der Waals surface area (Å²) in [7, 11) is 0. The van der Waals surface area contributed by atoms with Crippen molar-refractivity contribution in [3.8, 4) is 0 Å². The highest BCUT2D eigenvalue weighted by Crippen LogP contribution is 2.19. The van der Waals surface area contributed by atoms with Gasteiger partial charge in [-0.3, -0.25) is 24.0 Å². The number of benzene rings is 2. The lowest BCUT2D eigenvalue weighted by molar-refractivity contribution is -0.133. The Morgan fingerprint density at radius 2 is 1.81 bits per heavy atom. The molecule has 4 aromatic rings. The molecule has 1 fully saturated rings. The molecule has 2 aromatic carbocycles. The Morgan fingerprint density at radius 3 is 2.66 bits per heavy atom. The second kappa shape index (κ2) is 8.80. The van der Waals surface area contributed by atoms with Gasteiger partial charge in [0, 0.05) is 48.8 Å². The van der Waals surface area contributed by atoms with Crippen LogP contribution in [0.2, 0.25) is 0 Å². The van der Waals surface area contributed by atoms with Gasteiger partial charge in [0.15, 0.2) is 0 Å². The Hall–Kier alpha value is -3.10. The second-order valence-electron chi connectivity index (χ2n) is 7.99. The Bertz CT molecular complexity index is 1360. The molecule has 2 aromatic heterocycles. The Balaban J connectivity index is 1.24. The van der Waals surface area contributed by atoms with Crippen LogP contribution in [-0.4, -0.2) is 56.4 Å². The second-order valence-corrected chi connectivity index (χ2v) is 8.90. The molecule has 7 nitrogen and oxygen atoms in total. The lowest BCUT2D eigenvalue weighted by Crippen LogP contribution is -2.49. The number of para-hydroxylation sites is 1. The number of fused-ring (bicyclic) bond motifs is 2. The molecule has 32 heavy (non-hydrogen) atoms. The minimum Gasteiger partial charge on any atom is -0.339 e. The average molecular weight is 492 g/mol. The zero-order valence-corrected chi connectivity index (χ0v) is 19.0. The molecule has 0 spiro atoms. The molecule has 1 amide bonds. The number of carbonyl (C=O) groups is 1. The number of halogens is 1. The zero-order chi connectivity index (χ0) is 22.1. The van der Waals surface area contributed by atoms with E-state index in [4.69, 9.17) is 0 Å². The van der Waals surface area contributed by atoms with Gasteiger partial charge in [-0.25, -0.2) is 4.98 Å². The number of piperazine rings is 1. The molecule has 0 atom stereocenters. The number of nitrogens with zero attached hydrogens (tertiary/aromatic N) is 5. The minimum absolute atomic E-state index is 0.00152. The van der Waals surface area contributed by atoms with E-state index in [2.05, 4.69) is 55.1 Å². The molecule has 0 radical (unpaired) electrons. The van der Waals surface area contributed by atoms with E-state index < -0.39 is 0 Å². The summed E-state index contributed by atoms with van der Waals surface area (Å²) >= 11 is 3.39. The first-order valence-corrected chi connectivity index (χ1v) is 11.4. The van der Waals surface area contributed by atoms with Gasteiger partial charge >= 0.3 is 0 Å². The van der Waals surface area contributed by atoms with Gasteiger partial charge in [0.25, 0.3) is 5.56 Å². The van der Waals surface area contributed by atoms with E-state index in [1.165, 1.54) is 16.5 Å². The standard InChI is InChI=1S/C24H22BrN5O2/c25-19-6-7-21-20(13-19)24(32)30(16-27-21)15-22(31)29-11-9-28(10-12-29)14-18-4-1-3-17-5-2-8-26-23(17)18/h1-8,13,16H,9-12,14-15H2.